The van der Waals surface area contributed by atoms with Crippen LogP contribution in [0.15, 0.2) is 0 Å². The summed E-state index contributed by atoms with van der Waals surface area (Å²) < 4.78 is 0. The molecule has 0 aromatic rings. The molecular formula is C15H34N2. The standard InChI is InChI=1S/C11H22N2.2C2H6/c1-2-13-8-4-6-11(10-13)5-3-7-12-9-11;2*1-2/h12H,2-10H2,1H3;2*1-2H3. The fourth-order valence-corrected chi connectivity index (χ4v) is 2.96. The molecule has 2 rings (SSSR count). The van der Waals surface area contributed by atoms with Gasteiger partial charge in [-0.05, 0) is 50.7 Å². The molecular weight excluding hydrogens is 208 g/mol. The summed E-state index contributed by atoms with van der Waals surface area (Å²) in [5, 5.41) is 3.56. The van der Waals surface area contributed by atoms with Crippen LogP contribution in [-0.2, 0) is 0 Å². The van der Waals surface area contributed by atoms with Crippen molar-refractivity contribution in [3.05, 3.63) is 0 Å². The van der Waals surface area contributed by atoms with Crippen LogP contribution in [0.3, 0.4) is 0 Å². The summed E-state index contributed by atoms with van der Waals surface area (Å²) >= 11 is 0. The van der Waals surface area contributed by atoms with Crippen LogP contribution in [0.1, 0.15) is 60.3 Å². The minimum absolute atomic E-state index is 0.645. The predicted molar refractivity (Wildman–Crippen MR) is 78.6 cm³/mol. The number of piperidine rings is 2. The Morgan fingerprint density at radius 1 is 1.06 bits per heavy atom. The molecule has 1 spiro atoms. The van der Waals surface area contributed by atoms with Crippen molar-refractivity contribution in [1.82, 2.24) is 10.2 Å². The van der Waals surface area contributed by atoms with E-state index in [1.54, 1.807) is 0 Å². The zero-order valence-electron chi connectivity index (χ0n) is 12.8. The Kier molecular flexibility index (Phi) is 9.85. The van der Waals surface area contributed by atoms with Gasteiger partial charge in [0.25, 0.3) is 0 Å². The highest BCUT2D eigenvalue weighted by Crippen LogP contribution is 2.35. The van der Waals surface area contributed by atoms with Crippen LogP contribution in [0.5, 0.6) is 0 Å². The van der Waals surface area contributed by atoms with Crippen LogP contribution in [-0.4, -0.2) is 37.6 Å². The van der Waals surface area contributed by atoms with Gasteiger partial charge < -0.3 is 10.2 Å². The molecule has 1 atom stereocenters. The second-order valence-electron chi connectivity index (χ2n) is 4.75. The van der Waals surface area contributed by atoms with Gasteiger partial charge in [-0.15, -0.1) is 0 Å². The highest BCUT2D eigenvalue weighted by atomic mass is 15.1. The molecule has 2 saturated heterocycles. The van der Waals surface area contributed by atoms with Gasteiger partial charge in [0.15, 0.2) is 0 Å². The van der Waals surface area contributed by atoms with Crippen LogP contribution in [0.2, 0.25) is 0 Å². The number of nitrogens with one attached hydrogen (secondary N) is 1. The second-order valence-corrected chi connectivity index (χ2v) is 4.75. The monoisotopic (exact) mass is 242 g/mol. The van der Waals surface area contributed by atoms with Crippen LogP contribution in [0.4, 0.5) is 0 Å². The van der Waals surface area contributed by atoms with Gasteiger partial charge in [-0.25, -0.2) is 0 Å². The molecule has 2 aliphatic rings. The van der Waals surface area contributed by atoms with E-state index < -0.39 is 0 Å². The summed E-state index contributed by atoms with van der Waals surface area (Å²) in [5.74, 6) is 0. The maximum atomic E-state index is 3.56. The van der Waals surface area contributed by atoms with E-state index in [2.05, 4.69) is 17.1 Å². The molecule has 104 valence electrons. The van der Waals surface area contributed by atoms with Crippen molar-refractivity contribution in [2.24, 2.45) is 5.41 Å². The molecule has 0 saturated carbocycles. The quantitative estimate of drug-likeness (QED) is 0.757. The summed E-state index contributed by atoms with van der Waals surface area (Å²) in [7, 11) is 0. The normalized spacial score (nSPS) is 28.8. The van der Waals surface area contributed by atoms with Crippen molar-refractivity contribution < 1.29 is 0 Å². The van der Waals surface area contributed by atoms with Gasteiger partial charge >= 0.3 is 0 Å². The minimum Gasteiger partial charge on any atom is -0.316 e. The Hall–Kier alpha value is -0.0800. The van der Waals surface area contributed by atoms with Gasteiger partial charge in [-0.1, -0.05) is 34.6 Å². The SMILES string of the molecule is CC.CC.CCN1CCCC2(CCCNC2)C1. The number of likely N-dealkylation sites (tertiary alicyclic amines) is 1. The lowest BCUT2D eigenvalue weighted by Crippen LogP contribution is -2.50. The first-order valence-electron chi connectivity index (χ1n) is 7.78. The fourth-order valence-electron chi connectivity index (χ4n) is 2.96. The Labute approximate surface area is 109 Å². The molecule has 2 nitrogen and oxygen atoms in total. The lowest BCUT2D eigenvalue weighted by molar-refractivity contribution is 0.0681. The van der Waals surface area contributed by atoms with Crippen molar-refractivity contribution in [2.45, 2.75) is 60.3 Å². The van der Waals surface area contributed by atoms with Crippen molar-refractivity contribution >= 4 is 0 Å². The van der Waals surface area contributed by atoms with E-state index in [-0.39, 0.29) is 0 Å². The molecule has 2 heteroatoms. The van der Waals surface area contributed by atoms with E-state index >= 15 is 0 Å². The van der Waals surface area contributed by atoms with E-state index in [1.165, 1.54) is 58.4 Å². The van der Waals surface area contributed by atoms with Gasteiger partial charge in [-0.3, -0.25) is 0 Å². The predicted octanol–water partition coefficient (Wildman–Crippen LogP) is 3.52. The maximum Gasteiger partial charge on any atom is 0.00500 e. The van der Waals surface area contributed by atoms with Crippen LogP contribution >= 0.6 is 0 Å². The van der Waals surface area contributed by atoms with E-state index in [1.807, 2.05) is 27.7 Å². The number of rotatable bonds is 1. The molecule has 0 amide bonds. The minimum atomic E-state index is 0.645. The van der Waals surface area contributed by atoms with Gasteiger partial charge in [0.2, 0.25) is 0 Å². The van der Waals surface area contributed by atoms with Gasteiger partial charge in [-0.2, -0.15) is 0 Å². The first kappa shape index (κ1) is 16.9. The Morgan fingerprint density at radius 3 is 2.24 bits per heavy atom. The first-order valence-corrected chi connectivity index (χ1v) is 7.78. The van der Waals surface area contributed by atoms with Crippen molar-refractivity contribution in [1.29, 1.82) is 0 Å². The molecule has 2 fully saturated rings. The molecule has 0 bridgehead atoms. The van der Waals surface area contributed by atoms with E-state index in [4.69, 9.17) is 0 Å². The molecule has 2 aliphatic heterocycles. The zero-order chi connectivity index (χ0) is 13.1. The highest BCUT2D eigenvalue weighted by molar-refractivity contribution is 4.91. The zero-order valence-corrected chi connectivity index (χ0v) is 12.8. The first-order chi connectivity index (χ1) is 8.35. The number of hydrogen-bond acceptors (Lipinski definition) is 2. The topological polar surface area (TPSA) is 15.3 Å². The summed E-state index contributed by atoms with van der Waals surface area (Å²) in [6.07, 6.45) is 5.71. The Balaban J connectivity index is 0.000000581. The van der Waals surface area contributed by atoms with Gasteiger partial charge in [0.05, 0.1) is 0 Å². The van der Waals surface area contributed by atoms with E-state index in [9.17, 15) is 0 Å². The molecule has 0 aliphatic carbocycles. The average Bonchev–Trinajstić information content (AvgIpc) is 2.44. The number of hydrogen-bond donors (Lipinski definition) is 1. The molecule has 17 heavy (non-hydrogen) atoms. The smallest absolute Gasteiger partial charge is 0.00500 e. The van der Waals surface area contributed by atoms with Crippen molar-refractivity contribution in [3.63, 3.8) is 0 Å². The van der Waals surface area contributed by atoms with Crippen LogP contribution < -0.4 is 5.32 Å². The molecule has 0 aromatic carbocycles. The fraction of sp³-hybridized carbons (Fsp3) is 1.00. The molecule has 0 aromatic heterocycles. The average molecular weight is 242 g/mol. The van der Waals surface area contributed by atoms with E-state index in [0.29, 0.717) is 5.41 Å². The van der Waals surface area contributed by atoms with Crippen molar-refractivity contribution in [3.8, 4) is 0 Å². The van der Waals surface area contributed by atoms with Crippen LogP contribution in [0.25, 0.3) is 0 Å². The molecule has 0 radical (unpaired) electrons. The second kappa shape index (κ2) is 9.90. The molecule has 1 unspecified atom stereocenters. The Morgan fingerprint density at radius 2 is 1.71 bits per heavy atom. The van der Waals surface area contributed by atoms with Crippen molar-refractivity contribution in [2.75, 3.05) is 32.7 Å². The lowest BCUT2D eigenvalue weighted by atomic mass is 9.74. The number of nitrogens with zero attached hydrogens (tertiary/aromatic N) is 1. The highest BCUT2D eigenvalue weighted by Gasteiger charge is 2.35. The lowest BCUT2D eigenvalue weighted by Gasteiger charge is -2.45. The van der Waals surface area contributed by atoms with Crippen LogP contribution in [0, 0.1) is 5.41 Å². The summed E-state index contributed by atoms with van der Waals surface area (Å²) in [6.45, 7) is 16.7. The third-order valence-corrected chi connectivity index (χ3v) is 3.75. The third kappa shape index (κ3) is 5.39. The van der Waals surface area contributed by atoms with Gasteiger partial charge in [0, 0.05) is 13.1 Å². The van der Waals surface area contributed by atoms with Gasteiger partial charge in [0.1, 0.15) is 0 Å². The van der Waals surface area contributed by atoms with E-state index in [0.717, 1.165) is 0 Å². The summed E-state index contributed by atoms with van der Waals surface area (Å²) in [6, 6.07) is 0. The largest absolute Gasteiger partial charge is 0.316 e. The summed E-state index contributed by atoms with van der Waals surface area (Å²) in [5.41, 5.74) is 0.645. The Bertz CT molecular complexity index is 157. The molecule has 1 N–H and O–H groups in total. The maximum absolute atomic E-state index is 3.56. The third-order valence-electron chi connectivity index (χ3n) is 3.75. The molecule has 2 heterocycles. The summed E-state index contributed by atoms with van der Waals surface area (Å²) in [4.78, 5) is 2.62.